The molecule has 0 saturated carbocycles. The highest BCUT2D eigenvalue weighted by atomic mass is 32.2. The summed E-state index contributed by atoms with van der Waals surface area (Å²) in [6.07, 6.45) is 1.50. The summed E-state index contributed by atoms with van der Waals surface area (Å²) in [5.41, 5.74) is 4.51. The molecule has 0 fully saturated rings. The van der Waals surface area contributed by atoms with Gasteiger partial charge in [0.05, 0.1) is 16.5 Å². The first kappa shape index (κ1) is 22.9. The van der Waals surface area contributed by atoms with Crippen LogP contribution in [0.5, 0.6) is 0 Å². The Kier molecular flexibility index (Phi) is 6.48. The highest BCUT2D eigenvalue weighted by molar-refractivity contribution is 8.00. The van der Waals surface area contributed by atoms with Crippen LogP contribution in [0, 0.1) is 20.8 Å². The molecule has 1 atom stereocenters. The Morgan fingerprint density at radius 2 is 2.06 bits per heavy atom. The molecule has 0 saturated heterocycles. The number of carbonyl (C=O) groups excluding carboxylic acids is 2. The summed E-state index contributed by atoms with van der Waals surface area (Å²) in [7, 11) is 0. The quantitative estimate of drug-likeness (QED) is 0.231. The van der Waals surface area contributed by atoms with E-state index in [0.29, 0.717) is 20.9 Å². The van der Waals surface area contributed by atoms with Gasteiger partial charge in [0.25, 0.3) is 0 Å². The molecule has 10 heteroatoms. The number of pyridine rings is 1. The van der Waals surface area contributed by atoms with E-state index in [2.05, 4.69) is 40.1 Å². The molecule has 3 heterocycles. The molecule has 1 N–H and O–H groups in total. The zero-order chi connectivity index (χ0) is 23.7. The third-order valence-corrected chi connectivity index (χ3v) is 7.18. The molecule has 1 aromatic carbocycles. The number of nitrogens with zero attached hydrogens (tertiary/aromatic N) is 4. The second kappa shape index (κ2) is 9.32. The van der Waals surface area contributed by atoms with Crippen LogP contribution in [-0.2, 0) is 9.53 Å². The Hall–Kier alpha value is -3.24. The highest BCUT2D eigenvalue weighted by Gasteiger charge is 2.23. The first-order valence-corrected chi connectivity index (χ1v) is 12.0. The number of rotatable bonds is 7. The summed E-state index contributed by atoms with van der Waals surface area (Å²) >= 11 is 2.40. The molecular weight excluding hydrogens is 458 g/mol. The molecule has 0 aliphatic rings. The van der Waals surface area contributed by atoms with Crippen molar-refractivity contribution in [2.45, 2.75) is 38.1 Å². The molecule has 33 heavy (non-hydrogen) atoms. The lowest BCUT2D eigenvalue weighted by Gasteiger charge is -2.12. The number of hydrogen-bond acceptors (Lipinski definition) is 8. The fourth-order valence-corrected chi connectivity index (χ4v) is 5.19. The third-order valence-electron chi connectivity index (χ3n) is 5.09. The number of anilines is 1. The Balaban J connectivity index is 1.56. The number of thioether (sulfide) groups is 1. The van der Waals surface area contributed by atoms with Crippen LogP contribution in [0.1, 0.15) is 33.4 Å². The standard InChI is InChI=1S/C23H23N5O3S2/c1-6-10-31-21(30)19-14(4)24-22(33-19)25-20(29)15(5)32-23-27-26-17-11-13(3)16-9-7-8-12(2)18(16)28(17)23/h6-9,11,15H,1,10H2,2-5H3,(H,24,25,29). The van der Waals surface area contributed by atoms with E-state index in [-0.39, 0.29) is 12.5 Å². The van der Waals surface area contributed by atoms with E-state index < -0.39 is 11.2 Å². The van der Waals surface area contributed by atoms with Gasteiger partial charge in [-0.3, -0.25) is 9.20 Å². The number of para-hydroxylation sites is 1. The lowest BCUT2D eigenvalue weighted by Crippen LogP contribution is -2.22. The van der Waals surface area contributed by atoms with Gasteiger partial charge in [0.2, 0.25) is 5.91 Å². The first-order chi connectivity index (χ1) is 15.8. The zero-order valence-electron chi connectivity index (χ0n) is 18.7. The molecule has 8 nitrogen and oxygen atoms in total. The van der Waals surface area contributed by atoms with Gasteiger partial charge < -0.3 is 10.1 Å². The van der Waals surface area contributed by atoms with E-state index in [0.717, 1.165) is 39.0 Å². The van der Waals surface area contributed by atoms with Crippen LogP contribution < -0.4 is 5.32 Å². The van der Waals surface area contributed by atoms with Crippen LogP contribution in [-0.4, -0.2) is 43.3 Å². The van der Waals surface area contributed by atoms with Gasteiger partial charge in [-0.25, -0.2) is 9.78 Å². The molecule has 0 aliphatic carbocycles. The second-order valence-electron chi connectivity index (χ2n) is 7.54. The number of benzene rings is 1. The van der Waals surface area contributed by atoms with E-state index in [1.54, 1.807) is 13.8 Å². The second-order valence-corrected chi connectivity index (χ2v) is 9.85. The smallest absolute Gasteiger partial charge is 0.350 e. The topological polar surface area (TPSA) is 98.5 Å². The predicted molar refractivity (Wildman–Crippen MR) is 131 cm³/mol. The number of amides is 1. The molecule has 1 unspecified atom stereocenters. The minimum atomic E-state index is -0.486. The average molecular weight is 482 g/mol. The molecule has 1 amide bonds. The van der Waals surface area contributed by atoms with Gasteiger partial charge in [-0.05, 0) is 44.9 Å². The molecule has 4 aromatic rings. The van der Waals surface area contributed by atoms with Crippen LogP contribution in [0.3, 0.4) is 0 Å². The van der Waals surface area contributed by atoms with E-state index in [1.165, 1.54) is 17.8 Å². The van der Waals surface area contributed by atoms with Crippen molar-refractivity contribution in [1.82, 2.24) is 19.6 Å². The maximum Gasteiger partial charge on any atom is 0.350 e. The number of ether oxygens (including phenoxy) is 1. The first-order valence-electron chi connectivity index (χ1n) is 10.3. The van der Waals surface area contributed by atoms with Gasteiger partial charge in [0, 0.05) is 5.39 Å². The number of aromatic nitrogens is 4. The van der Waals surface area contributed by atoms with Gasteiger partial charge in [-0.15, -0.1) is 10.2 Å². The third kappa shape index (κ3) is 4.49. The lowest BCUT2D eigenvalue weighted by atomic mass is 10.1. The van der Waals surface area contributed by atoms with Crippen molar-refractivity contribution in [1.29, 1.82) is 0 Å². The minimum Gasteiger partial charge on any atom is -0.457 e. The fourth-order valence-electron chi connectivity index (χ4n) is 3.46. The van der Waals surface area contributed by atoms with Crippen molar-refractivity contribution in [3.63, 3.8) is 0 Å². The number of hydrogen-bond donors (Lipinski definition) is 1. The van der Waals surface area contributed by atoms with E-state index in [4.69, 9.17) is 4.74 Å². The Morgan fingerprint density at radius 1 is 1.27 bits per heavy atom. The molecule has 0 bridgehead atoms. The molecule has 170 valence electrons. The van der Waals surface area contributed by atoms with Gasteiger partial charge in [-0.2, -0.15) is 0 Å². The number of carbonyl (C=O) groups is 2. The van der Waals surface area contributed by atoms with E-state index in [9.17, 15) is 9.59 Å². The van der Waals surface area contributed by atoms with Crippen LogP contribution in [0.4, 0.5) is 5.13 Å². The summed E-state index contributed by atoms with van der Waals surface area (Å²) in [6, 6.07) is 8.15. The van der Waals surface area contributed by atoms with E-state index in [1.807, 2.05) is 29.5 Å². The van der Waals surface area contributed by atoms with Gasteiger partial charge in [0.1, 0.15) is 11.5 Å². The largest absolute Gasteiger partial charge is 0.457 e. The Bertz CT molecular complexity index is 1390. The predicted octanol–water partition coefficient (Wildman–Crippen LogP) is 4.73. The summed E-state index contributed by atoms with van der Waals surface area (Å²) in [4.78, 5) is 29.6. The summed E-state index contributed by atoms with van der Waals surface area (Å²) < 4.78 is 7.06. The molecule has 0 spiro atoms. The summed E-state index contributed by atoms with van der Waals surface area (Å²) in [5.74, 6) is -0.732. The average Bonchev–Trinajstić information content (AvgIpc) is 3.35. The monoisotopic (exact) mass is 481 g/mol. The Labute approximate surface area is 199 Å². The van der Waals surface area contributed by atoms with E-state index >= 15 is 0 Å². The van der Waals surface area contributed by atoms with Crippen LogP contribution in [0.15, 0.2) is 42.1 Å². The van der Waals surface area contributed by atoms with Crippen molar-refractivity contribution in [3.8, 4) is 0 Å². The van der Waals surface area contributed by atoms with Crippen molar-refractivity contribution >= 4 is 56.7 Å². The van der Waals surface area contributed by atoms with Crippen molar-refractivity contribution in [3.05, 3.63) is 58.6 Å². The number of fused-ring (bicyclic) bond motifs is 3. The summed E-state index contributed by atoms with van der Waals surface area (Å²) in [5, 5.41) is 13.1. The lowest BCUT2D eigenvalue weighted by molar-refractivity contribution is -0.115. The van der Waals surface area contributed by atoms with Gasteiger partial charge in [-0.1, -0.05) is 54.0 Å². The SMILES string of the molecule is C=CCOC(=O)c1sc(NC(=O)C(C)Sc2nnc3cc(C)c4cccc(C)c4n23)nc1C. The van der Waals surface area contributed by atoms with Crippen LogP contribution in [0.25, 0.3) is 16.6 Å². The van der Waals surface area contributed by atoms with Crippen molar-refractivity contribution < 1.29 is 14.3 Å². The maximum atomic E-state index is 12.9. The summed E-state index contributed by atoms with van der Waals surface area (Å²) in [6.45, 7) is 11.2. The molecular formula is C23H23N5O3S2. The molecule has 4 rings (SSSR count). The van der Waals surface area contributed by atoms with Crippen LogP contribution >= 0.6 is 23.1 Å². The normalized spacial score (nSPS) is 12.1. The molecule has 3 aromatic heterocycles. The highest BCUT2D eigenvalue weighted by Crippen LogP contribution is 2.30. The van der Waals surface area contributed by atoms with Gasteiger partial charge >= 0.3 is 5.97 Å². The maximum absolute atomic E-state index is 12.9. The Morgan fingerprint density at radius 3 is 2.82 bits per heavy atom. The fraction of sp³-hybridized carbons (Fsp3) is 0.261. The minimum absolute atomic E-state index is 0.117. The number of thiazole rings is 1. The van der Waals surface area contributed by atoms with Crippen molar-refractivity contribution in [2.75, 3.05) is 11.9 Å². The zero-order valence-corrected chi connectivity index (χ0v) is 20.3. The number of nitrogens with one attached hydrogen (secondary N) is 1. The molecule has 0 radical (unpaired) electrons. The number of esters is 1. The molecule has 0 aliphatic heterocycles. The van der Waals surface area contributed by atoms with Crippen molar-refractivity contribution in [2.24, 2.45) is 0 Å². The number of aryl methyl sites for hydroxylation is 3. The van der Waals surface area contributed by atoms with Crippen LogP contribution in [0.2, 0.25) is 0 Å². The van der Waals surface area contributed by atoms with Gasteiger partial charge in [0.15, 0.2) is 15.9 Å².